The standard InChI is InChI=1S/C14H15N3O3S/c18-11-3-1-2-8(12(11)19)6-17-5-4-10-9(7-17)13(20)16-14(21)15-10/h1-3,18-19H,4-7H2,(H2,15,16,20,21). The van der Waals surface area contributed by atoms with Crippen molar-refractivity contribution in [2.75, 3.05) is 6.54 Å². The van der Waals surface area contributed by atoms with E-state index >= 15 is 0 Å². The van der Waals surface area contributed by atoms with Gasteiger partial charge in [-0.1, -0.05) is 12.1 Å². The van der Waals surface area contributed by atoms with Crippen LogP contribution in [0.25, 0.3) is 0 Å². The first-order chi connectivity index (χ1) is 10.0. The molecule has 0 radical (unpaired) electrons. The van der Waals surface area contributed by atoms with Crippen LogP contribution in [-0.2, 0) is 19.5 Å². The van der Waals surface area contributed by atoms with Crippen LogP contribution in [-0.4, -0.2) is 31.6 Å². The molecule has 0 saturated heterocycles. The lowest BCUT2D eigenvalue weighted by Crippen LogP contribution is -2.35. The Morgan fingerprint density at radius 2 is 2.10 bits per heavy atom. The third kappa shape index (κ3) is 2.70. The van der Waals surface area contributed by atoms with E-state index in [0.29, 0.717) is 35.4 Å². The monoisotopic (exact) mass is 305 g/mol. The molecule has 2 heterocycles. The lowest BCUT2D eigenvalue weighted by molar-refractivity contribution is 0.237. The van der Waals surface area contributed by atoms with Crippen LogP contribution in [0.3, 0.4) is 0 Å². The van der Waals surface area contributed by atoms with Crippen molar-refractivity contribution in [3.63, 3.8) is 0 Å². The largest absolute Gasteiger partial charge is 0.504 e. The molecule has 3 rings (SSSR count). The van der Waals surface area contributed by atoms with Gasteiger partial charge >= 0.3 is 0 Å². The van der Waals surface area contributed by atoms with Crippen molar-refractivity contribution in [3.8, 4) is 11.5 Å². The van der Waals surface area contributed by atoms with Gasteiger partial charge in [0.15, 0.2) is 16.3 Å². The van der Waals surface area contributed by atoms with Gasteiger partial charge in [0.1, 0.15) is 0 Å². The van der Waals surface area contributed by atoms with Crippen molar-refractivity contribution in [1.82, 2.24) is 14.9 Å². The molecule has 4 N–H and O–H groups in total. The van der Waals surface area contributed by atoms with Crippen LogP contribution >= 0.6 is 12.2 Å². The van der Waals surface area contributed by atoms with E-state index in [1.165, 1.54) is 6.07 Å². The van der Waals surface area contributed by atoms with E-state index in [1.54, 1.807) is 12.1 Å². The molecule has 7 heteroatoms. The maximum Gasteiger partial charge on any atom is 0.256 e. The number of benzene rings is 1. The Morgan fingerprint density at radius 1 is 1.29 bits per heavy atom. The summed E-state index contributed by atoms with van der Waals surface area (Å²) in [5, 5.41) is 19.4. The molecule has 1 aliphatic heterocycles. The second kappa shape index (κ2) is 5.34. The third-order valence-electron chi connectivity index (χ3n) is 3.68. The maximum atomic E-state index is 11.9. The summed E-state index contributed by atoms with van der Waals surface area (Å²) in [5.41, 5.74) is 2.02. The van der Waals surface area contributed by atoms with Crippen LogP contribution < -0.4 is 5.56 Å². The predicted molar refractivity (Wildman–Crippen MR) is 79.8 cm³/mol. The molecule has 0 aliphatic carbocycles. The first-order valence-electron chi connectivity index (χ1n) is 6.61. The van der Waals surface area contributed by atoms with Gasteiger partial charge in [0.05, 0.1) is 5.56 Å². The number of aromatic nitrogens is 2. The van der Waals surface area contributed by atoms with E-state index in [0.717, 1.165) is 12.2 Å². The highest BCUT2D eigenvalue weighted by molar-refractivity contribution is 7.71. The predicted octanol–water partition coefficient (Wildman–Crippen LogP) is 1.40. The van der Waals surface area contributed by atoms with Crippen LogP contribution in [0.15, 0.2) is 23.0 Å². The molecule has 0 unspecified atom stereocenters. The first kappa shape index (κ1) is 13.8. The van der Waals surface area contributed by atoms with E-state index in [9.17, 15) is 15.0 Å². The Kier molecular flexibility index (Phi) is 3.52. The summed E-state index contributed by atoms with van der Waals surface area (Å²) in [6.45, 7) is 1.69. The number of H-pyrrole nitrogens is 2. The van der Waals surface area contributed by atoms with Gasteiger partial charge in [-0.05, 0) is 18.3 Å². The molecule has 0 amide bonds. The first-order valence-corrected chi connectivity index (χ1v) is 7.02. The normalized spacial score (nSPS) is 14.9. The van der Waals surface area contributed by atoms with Gasteiger partial charge in [0.25, 0.3) is 5.56 Å². The van der Waals surface area contributed by atoms with Crippen LogP contribution in [0.4, 0.5) is 0 Å². The highest BCUT2D eigenvalue weighted by Gasteiger charge is 2.20. The number of para-hydroxylation sites is 1. The van der Waals surface area contributed by atoms with Crippen LogP contribution in [0, 0.1) is 4.77 Å². The minimum Gasteiger partial charge on any atom is -0.504 e. The van der Waals surface area contributed by atoms with Crippen molar-refractivity contribution in [3.05, 3.63) is 50.1 Å². The van der Waals surface area contributed by atoms with E-state index in [2.05, 4.69) is 9.97 Å². The van der Waals surface area contributed by atoms with Gasteiger partial charge in [-0.3, -0.25) is 14.7 Å². The smallest absolute Gasteiger partial charge is 0.256 e. The van der Waals surface area contributed by atoms with E-state index in [4.69, 9.17) is 12.2 Å². The molecule has 6 nitrogen and oxygen atoms in total. The quantitative estimate of drug-likeness (QED) is 0.497. The number of phenols is 2. The summed E-state index contributed by atoms with van der Waals surface area (Å²) in [7, 11) is 0. The summed E-state index contributed by atoms with van der Waals surface area (Å²) in [6, 6.07) is 4.88. The average Bonchev–Trinajstić information content (AvgIpc) is 2.44. The summed E-state index contributed by atoms with van der Waals surface area (Å²) >= 11 is 4.97. The summed E-state index contributed by atoms with van der Waals surface area (Å²) < 4.78 is 0.345. The van der Waals surface area contributed by atoms with Crippen LogP contribution in [0.1, 0.15) is 16.8 Å². The fourth-order valence-electron chi connectivity index (χ4n) is 2.59. The van der Waals surface area contributed by atoms with Gasteiger partial charge in [-0.15, -0.1) is 0 Å². The second-order valence-corrected chi connectivity index (χ2v) is 5.52. The number of rotatable bonds is 2. The van der Waals surface area contributed by atoms with Crippen molar-refractivity contribution in [1.29, 1.82) is 0 Å². The van der Waals surface area contributed by atoms with Gasteiger partial charge in [-0.2, -0.15) is 0 Å². The molecule has 0 bridgehead atoms. The number of fused-ring (bicyclic) bond motifs is 1. The van der Waals surface area contributed by atoms with E-state index in [1.807, 2.05) is 4.90 Å². The fourth-order valence-corrected chi connectivity index (χ4v) is 2.81. The van der Waals surface area contributed by atoms with Crippen LogP contribution in [0.2, 0.25) is 0 Å². The lowest BCUT2D eigenvalue weighted by atomic mass is 10.1. The van der Waals surface area contributed by atoms with Gasteiger partial charge in [-0.25, -0.2) is 0 Å². The molecule has 0 spiro atoms. The van der Waals surface area contributed by atoms with Crippen molar-refractivity contribution >= 4 is 12.2 Å². The Hall–Kier alpha value is -2.12. The topological polar surface area (TPSA) is 92.4 Å². The summed E-state index contributed by atoms with van der Waals surface area (Å²) in [5.74, 6) is -0.239. The highest BCUT2D eigenvalue weighted by atomic mass is 32.1. The summed E-state index contributed by atoms with van der Waals surface area (Å²) in [6.07, 6.45) is 0.697. The Balaban J connectivity index is 1.85. The Labute approximate surface area is 125 Å². The molecule has 21 heavy (non-hydrogen) atoms. The number of hydrogen-bond donors (Lipinski definition) is 4. The zero-order chi connectivity index (χ0) is 15.0. The molecule has 0 saturated carbocycles. The average molecular weight is 305 g/mol. The number of nitrogens with one attached hydrogen (secondary N) is 2. The van der Waals surface area contributed by atoms with E-state index < -0.39 is 0 Å². The molecule has 0 fully saturated rings. The molecular formula is C14H15N3O3S. The number of aromatic amines is 2. The van der Waals surface area contributed by atoms with Gasteiger partial charge < -0.3 is 15.2 Å². The summed E-state index contributed by atoms with van der Waals surface area (Å²) in [4.78, 5) is 19.6. The van der Waals surface area contributed by atoms with Gasteiger partial charge in [0, 0.05) is 37.3 Å². The van der Waals surface area contributed by atoms with E-state index in [-0.39, 0.29) is 17.1 Å². The fraction of sp³-hybridized carbons (Fsp3) is 0.286. The number of aromatic hydroxyl groups is 2. The second-order valence-electron chi connectivity index (χ2n) is 5.11. The molecule has 2 aromatic rings. The Bertz CT molecular complexity index is 797. The molecule has 110 valence electrons. The molecule has 1 aliphatic rings. The molecule has 0 atom stereocenters. The third-order valence-corrected chi connectivity index (χ3v) is 3.89. The minimum absolute atomic E-state index is 0.107. The molecule has 1 aromatic carbocycles. The van der Waals surface area contributed by atoms with Crippen molar-refractivity contribution < 1.29 is 10.2 Å². The minimum atomic E-state index is -0.168. The number of hydrogen-bond acceptors (Lipinski definition) is 5. The van der Waals surface area contributed by atoms with Crippen molar-refractivity contribution in [2.24, 2.45) is 0 Å². The number of nitrogens with zero attached hydrogens (tertiary/aromatic N) is 1. The van der Waals surface area contributed by atoms with Gasteiger partial charge in [0.2, 0.25) is 0 Å². The molecule has 1 aromatic heterocycles. The SMILES string of the molecule is O=c1[nH]c(=S)[nH]c2c1CN(Cc1cccc(O)c1O)CC2. The zero-order valence-corrected chi connectivity index (χ0v) is 12.0. The zero-order valence-electron chi connectivity index (χ0n) is 11.2. The van der Waals surface area contributed by atoms with Crippen molar-refractivity contribution in [2.45, 2.75) is 19.5 Å². The van der Waals surface area contributed by atoms with Crippen LogP contribution in [0.5, 0.6) is 11.5 Å². The number of phenolic OH excluding ortho intramolecular Hbond substituents is 2. The molecular weight excluding hydrogens is 290 g/mol. The lowest BCUT2D eigenvalue weighted by Gasteiger charge is -2.28. The maximum absolute atomic E-state index is 11.9. The Morgan fingerprint density at radius 3 is 2.90 bits per heavy atom. The highest BCUT2D eigenvalue weighted by Crippen LogP contribution is 2.29.